The zero-order valence-corrected chi connectivity index (χ0v) is 18.3. The largest absolute Gasteiger partial charge is 0.448 e. The lowest BCUT2D eigenvalue weighted by Gasteiger charge is -2.42. The van der Waals surface area contributed by atoms with Crippen LogP contribution in [-0.4, -0.2) is 42.0 Å². The van der Waals surface area contributed by atoms with Crippen molar-refractivity contribution in [3.63, 3.8) is 0 Å². The van der Waals surface area contributed by atoms with Crippen molar-refractivity contribution < 1.29 is 84.8 Å². The summed E-state index contributed by atoms with van der Waals surface area (Å²) in [5.41, 5.74) is 0. The first-order valence-electron chi connectivity index (χ1n) is 8.87. The molecule has 0 bridgehead atoms. The zero-order valence-electron chi connectivity index (χ0n) is 18.3. The van der Waals surface area contributed by atoms with Crippen LogP contribution in [0.3, 0.4) is 0 Å². The Kier molecular flexibility index (Phi) is 14.0. The third kappa shape index (κ3) is 11.6. The van der Waals surface area contributed by atoms with Crippen molar-refractivity contribution in [2.75, 3.05) is 0 Å². The quantitative estimate of drug-likeness (QED) is 0.245. The average Bonchev–Trinajstić information content (AvgIpc) is 2.58. The molecular weight excluding hydrogens is 547 g/mol. The fourth-order valence-corrected chi connectivity index (χ4v) is 1.94. The van der Waals surface area contributed by atoms with Crippen LogP contribution in [0.2, 0.25) is 0 Å². The summed E-state index contributed by atoms with van der Waals surface area (Å²) in [5.74, 6) is -23.8. The van der Waals surface area contributed by atoms with E-state index in [0.29, 0.717) is 13.8 Å². The highest BCUT2D eigenvalue weighted by Crippen LogP contribution is 2.54. The summed E-state index contributed by atoms with van der Waals surface area (Å²) in [4.78, 5) is 1.72. The lowest BCUT2D eigenvalue weighted by molar-refractivity contribution is -0.451. The molecule has 0 aliphatic rings. The molecule has 0 aliphatic heterocycles. The smallest absolute Gasteiger partial charge is 0.272 e. The van der Waals surface area contributed by atoms with E-state index in [-0.39, 0.29) is 6.92 Å². The first-order valence-corrected chi connectivity index (χ1v) is 8.87. The predicted molar refractivity (Wildman–Crippen MR) is 84.7 cm³/mol. The van der Waals surface area contributed by atoms with Crippen molar-refractivity contribution in [2.24, 2.45) is 11.8 Å². The molecule has 0 aromatic carbocycles. The lowest BCUT2D eigenvalue weighted by atomic mass is 9.89. The van der Waals surface area contributed by atoms with Crippen LogP contribution in [0.1, 0.15) is 47.5 Å². The van der Waals surface area contributed by atoms with Gasteiger partial charge in [-0.25, -0.2) is 0 Å². The van der Waals surface area contributed by atoms with Gasteiger partial charge in [-0.15, -0.1) is 4.94 Å². The van der Waals surface area contributed by atoms with Crippen LogP contribution in [-0.2, 0) is 9.68 Å². The van der Waals surface area contributed by atoms with E-state index in [1.807, 2.05) is 0 Å². The Morgan fingerprint density at radius 2 is 1.06 bits per heavy atom. The van der Waals surface area contributed by atoms with Gasteiger partial charge in [-0.3, -0.25) is 4.74 Å². The van der Waals surface area contributed by atoms with E-state index in [1.54, 1.807) is 4.94 Å². The first-order chi connectivity index (χ1) is 15.1. The Labute approximate surface area is 187 Å². The predicted octanol–water partition coefficient (Wildman–Crippen LogP) is 9.16. The van der Waals surface area contributed by atoms with Crippen LogP contribution in [0.25, 0.3) is 0 Å². The minimum absolute atomic E-state index is 0.146. The van der Waals surface area contributed by atoms with Crippen molar-refractivity contribution in [1.29, 1.82) is 0 Å². The van der Waals surface area contributed by atoms with Crippen LogP contribution in [0.5, 0.6) is 0 Å². The normalized spacial score (nSPS) is 15.8. The Balaban J connectivity index is -0.000000777. The summed E-state index contributed by atoms with van der Waals surface area (Å²) in [6, 6.07) is 0. The molecular formula is C16H21F17O2. The van der Waals surface area contributed by atoms with E-state index in [0.717, 1.165) is 13.8 Å². The zero-order chi connectivity index (χ0) is 29.5. The summed E-state index contributed by atoms with van der Waals surface area (Å²) >= 11 is 0. The average molecular weight is 568 g/mol. The molecule has 0 saturated heterocycles. The van der Waals surface area contributed by atoms with E-state index in [1.165, 1.54) is 0 Å². The van der Waals surface area contributed by atoms with Crippen LogP contribution >= 0.6 is 0 Å². The van der Waals surface area contributed by atoms with Crippen molar-refractivity contribution in [3.8, 4) is 0 Å². The van der Waals surface area contributed by atoms with Gasteiger partial charge in [0.2, 0.25) is 0 Å². The Bertz CT molecular complexity index is 598. The van der Waals surface area contributed by atoms with Gasteiger partial charge in [0.1, 0.15) is 6.42 Å². The second-order valence-corrected chi connectivity index (χ2v) is 7.69. The number of ether oxygens (including phenoxy) is 1. The molecule has 35 heavy (non-hydrogen) atoms. The van der Waals surface area contributed by atoms with Gasteiger partial charge in [0, 0.05) is 28.4 Å². The highest BCUT2D eigenvalue weighted by atomic mass is 20.0. The van der Waals surface area contributed by atoms with Crippen molar-refractivity contribution in [2.45, 2.75) is 89.5 Å². The second kappa shape index (κ2) is 12.8. The van der Waals surface area contributed by atoms with Gasteiger partial charge >= 0.3 is 42.0 Å². The molecule has 0 rings (SSSR count). The summed E-state index contributed by atoms with van der Waals surface area (Å²) < 4.78 is 208. The molecule has 0 spiro atoms. The summed E-state index contributed by atoms with van der Waals surface area (Å²) in [6.07, 6.45) is -21.1. The van der Waals surface area contributed by atoms with E-state index in [2.05, 4.69) is 4.74 Å². The van der Waals surface area contributed by atoms with Gasteiger partial charge in [-0.1, -0.05) is 27.7 Å². The standard InChI is InChI=1S/C13H18F10O.C3H3F5O.F2/c1-7(2)5-9(14,15)13(23,12(21,22)8(3)4)24-11(19,20)6-10(16,17)18;1-2(4,5)3(6,7)9-8;1-2/h7-8H,5-6H2,1-4H3;1H3;. The van der Waals surface area contributed by atoms with E-state index < -0.39 is 66.7 Å². The van der Waals surface area contributed by atoms with Gasteiger partial charge in [0.15, 0.2) is 0 Å². The molecule has 216 valence electrons. The summed E-state index contributed by atoms with van der Waals surface area (Å²) in [7, 11) is 0. The fraction of sp³-hybridized carbons (Fsp3) is 1.00. The molecule has 0 fully saturated rings. The minimum Gasteiger partial charge on any atom is -0.272 e. The number of halogens is 17. The number of hydrogen-bond acceptors (Lipinski definition) is 2. The topological polar surface area (TPSA) is 18.5 Å². The van der Waals surface area contributed by atoms with Crippen LogP contribution in [0, 0.1) is 11.8 Å². The first kappa shape index (κ1) is 38.3. The molecule has 0 amide bonds. The van der Waals surface area contributed by atoms with Crippen molar-refractivity contribution in [3.05, 3.63) is 0 Å². The van der Waals surface area contributed by atoms with Gasteiger partial charge in [-0.05, 0) is 10.4 Å². The summed E-state index contributed by atoms with van der Waals surface area (Å²) in [5, 5.41) is 0. The van der Waals surface area contributed by atoms with Crippen LogP contribution in [0.4, 0.5) is 75.1 Å². The van der Waals surface area contributed by atoms with E-state index in [4.69, 9.17) is 9.15 Å². The fourth-order valence-electron chi connectivity index (χ4n) is 1.94. The Morgan fingerprint density at radius 3 is 1.26 bits per heavy atom. The third-order valence-corrected chi connectivity index (χ3v) is 3.59. The molecule has 1 unspecified atom stereocenters. The summed E-state index contributed by atoms with van der Waals surface area (Å²) in [6.45, 7) is 3.08. The monoisotopic (exact) mass is 568 g/mol. The Morgan fingerprint density at radius 1 is 0.686 bits per heavy atom. The molecule has 0 N–H and O–H groups in total. The van der Waals surface area contributed by atoms with Crippen molar-refractivity contribution in [1.82, 2.24) is 0 Å². The van der Waals surface area contributed by atoms with Crippen LogP contribution in [0.15, 0.2) is 0 Å². The van der Waals surface area contributed by atoms with Gasteiger partial charge in [0.05, 0.1) is 0 Å². The second-order valence-electron chi connectivity index (χ2n) is 7.69. The molecule has 0 aromatic rings. The maximum Gasteiger partial charge on any atom is 0.448 e. The van der Waals surface area contributed by atoms with Gasteiger partial charge in [0.25, 0.3) is 0 Å². The van der Waals surface area contributed by atoms with E-state index in [9.17, 15) is 66.0 Å². The molecule has 2 nitrogen and oxygen atoms in total. The molecule has 19 heteroatoms. The molecule has 0 radical (unpaired) electrons. The number of hydrogen-bond donors (Lipinski definition) is 0. The molecule has 0 aromatic heterocycles. The van der Waals surface area contributed by atoms with Crippen LogP contribution < -0.4 is 0 Å². The minimum atomic E-state index is -5.65. The highest BCUT2D eigenvalue weighted by Gasteiger charge is 2.75. The van der Waals surface area contributed by atoms with E-state index >= 15 is 0 Å². The van der Waals surface area contributed by atoms with Gasteiger partial charge < -0.3 is 0 Å². The molecule has 0 aliphatic carbocycles. The van der Waals surface area contributed by atoms with Gasteiger partial charge in [-0.2, -0.15) is 61.5 Å². The molecule has 1 atom stereocenters. The maximum absolute atomic E-state index is 14.5. The van der Waals surface area contributed by atoms with Crippen molar-refractivity contribution >= 4 is 0 Å². The highest BCUT2D eigenvalue weighted by molar-refractivity contribution is 5.00. The third-order valence-electron chi connectivity index (χ3n) is 3.59. The molecule has 0 saturated carbocycles. The molecule has 0 heterocycles. The SMILES string of the molecule is CC(C)CC(F)(F)C(F)(OC(F)(F)CC(F)(F)F)C(F)(F)C(C)C.CC(F)(F)C(F)(F)OF.FF. The Hall–Kier alpha value is -1.27. The number of alkyl halides is 14. The lowest BCUT2D eigenvalue weighted by Crippen LogP contribution is -2.63. The maximum atomic E-state index is 14.5. The number of rotatable bonds is 10.